The molecule has 86 valence electrons. The minimum atomic E-state index is -0.434. The fraction of sp³-hybridized carbons (Fsp3) is 0. The van der Waals surface area contributed by atoms with Gasteiger partial charge in [0.05, 0.1) is 0 Å². The van der Waals surface area contributed by atoms with Gasteiger partial charge in [-0.15, -0.1) is 0 Å². The molecule has 5 nitrogen and oxygen atoms in total. The molecule has 1 heterocycles. The number of amides is 1. The second-order valence-corrected chi connectivity index (χ2v) is 4.18. The van der Waals surface area contributed by atoms with Gasteiger partial charge in [0.1, 0.15) is 5.69 Å². The smallest absolute Gasteiger partial charge is 0.287 e. The number of H-pyrrole nitrogens is 1. The zero-order valence-corrected chi connectivity index (χ0v) is 10.2. The second kappa shape index (κ2) is 4.92. The van der Waals surface area contributed by atoms with Crippen molar-refractivity contribution in [2.75, 3.05) is 5.32 Å². The van der Waals surface area contributed by atoms with E-state index in [0.717, 1.165) is 4.47 Å². The number of hydrogen-bond donors (Lipinski definition) is 2. The number of carbonyl (C=O) groups excluding carboxylic acids is 1. The zero-order valence-electron chi connectivity index (χ0n) is 8.61. The molecule has 0 radical (unpaired) electrons. The predicted octanol–water partition coefficient (Wildman–Crippen LogP) is 1.78. The Kier molecular flexibility index (Phi) is 3.34. The molecule has 0 aliphatic carbocycles. The van der Waals surface area contributed by atoms with Crippen molar-refractivity contribution in [2.24, 2.45) is 0 Å². The Morgan fingerprint density at radius 1 is 1.35 bits per heavy atom. The first-order valence-electron chi connectivity index (χ1n) is 4.77. The molecule has 0 saturated heterocycles. The average molecular weight is 294 g/mol. The van der Waals surface area contributed by atoms with Crippen LogP contribution >= 0.6 is 15.9 Å². The Balaban J connectivity index is 2.23. The van der Waals surface area contributed by atoms with Gasteiger partial charge in [-0.2, -0.15) is 5.10 Å². The number of hydrogen-bond acceptors (Lipinski definition) is 3. The van der Waals surface area contributed by atoms with Crippen LogP contribution in [0.3, 0.4) is 0 Å². The lowest BCUT2D eigenvalue weighted by Crippen LogP contribution is -2.20. The summed E-state index contributed by atoms with van der Waals surface area (Å²) in [6.07, 6.45) is 1.40. The van der Waals surface area contributed by atoms with Gasteiger partial charge in [0.15, 0.2) is 0 Å². The zero-order chi connectivity index (χ0) is 12.3. The van der Waals surface area contributed by atoms with Gasteiger partial charge >= 0.3 is 0 Å². The number of anilines is 1. The molecule has 2 N–H and O–H groups in total. The van der Waals surface area contributed by atoms with Crippen molar-refractivity contribution >= 4 is 27.5 Å². The molecule has 1 amide bonds. The normalized spacial score (nSPS) is 9.94. The fourth-order valence-corrected chi connectivity index (χ4v) is 1.67. The van der Waals surface area contributed by atoms with Crippen LogP contribution in [0, 0.1) is 0 Å². The van der Waals surface area contributed by atoms with Crippen LogP contribution in [0.1, 0.15) is 10.4 Å². The second-order valence-electron chi connectivity index (χ2n) is 3.26. The van der Waals surface area contributed by atoms with E-state index in [1.54, 1.807) is 18.2 Å². The third-order valence-corrected chi connectivity index (χ3v) is 2.55. The van der Waals surface area contributed by atoms with Crippen molar-refractivity contribution in [3.8, 4) is 0 Å². The van der Waals surface area contributed by atoms with Crippen molar-refractivity contribution in [1.29, 1.82) is 0 Å². The number of rotatable bonds is 2. The first kappa shape index (κ1) is 11.5. The minimum Gasteiger partial charge on any atom is -0.317 e. The van der Waals surface area contributed by atoms with Crippen molar-refractivity contribution in [3.05, 3.63) is 56.9 Å². The third kappa shape index (κ3) is 2.79. The molecule has 1 aromatic heterocycles. The molecular formula is C11H8BrN3O2. The Bertz CT molecular complexity index is 609. The third-order valence-electron chi connectivity index (χ3n) is 2.06. The maximum Gasteiger partial charge on any atom is 0.287 e. The molecule has 17 heavy (non-hydrogen) atoms. The van der Waals surface area contributed by atoms with E-state index in [0.29, 0.717) is 5.56 Å². The quantitative estimate of drug-likeness (QED) is 0.886. The number of nitrogens with one attached hydrogen (secondary N) is 2. The summed E-state index contributed by atoms with van der Waals surface area (Å²) < 4.78 is 0.800. The molecule has 0 saturated carbocycles. The van der Waals surface area contributed by atoms with E-state index in [4.69, 9.17) is 0 Å². The van der Waals surface area contributed by atoms with Gasteiger partial charge < -0.3 is 5.32 Å². The van der Waals surface area contributed by atoms with Gasteiger partial charge in [-0.3, -0.25) is 9.59 Å². The highest BCUT2D eigenvalue weighted by Crippen LogP contribution is 2.12. The van der Waals surface area contributed by atoms with Gasteiger partial charge in [-0.25, -0.2) is 5.10 Å². The summed E-state index contributed by atoms with van der Waals surface area (Å²) in [6, 6.07) is 8.33. The van der Waals surface area contributed by atoms with Crippen LogP contribution in [0.5, 0.6) is 0 Å². The van der Waals surface area contributed by atoms with Crippen LogP contribution in [-0.4, -0.2) is 16.1 Å². The molecule has 0 spiro atoms. The lowest BCUT2D eigenvalue weighted by Gasteiger charge is -2.03. The maximum atomic E-state index is 11.8. The number of halogens is 1. The van der Waals surface area contributed by atoms with Gasteiger partial charge in [0.25, 0.3) is 11.5 Å². The van der Waals surface area contributed by atoms with Crippen molar-refractivity contribution in [1.82, 2.24) is 10.2 Å². The molecule has 2 rings (SSSR count). The van der Waals surface area contributed by atoms with E-state index in [-0.39, 0.29) is 11.6 Å². The monoisotopic (exact) mass is 293 g/mol. The average Bonchev–Trinajstić information content (AvgIpc) is 2.32. The molecule has 0 atom stereocenters. The first-order valence-corrected chi connectivity index (χ1v) is 5.57. The largest absolute Gasteiger partial charge is 0.317 e. The molecule has 0 unspecified atom stereocenters. The lowest BCUT2D eigenvalue weighted by molar-refractivity contribution is 0.102. The Morgan fingerprint density at radius 3 is 2.88 bits per heavy atom. The van der Waals surface area contributed by atoms with Crippen molar-refractivity contribution in [3.63, 3.8) is 0 Å². The van der Waals surface area contributed by atoms with E-state index >= 15 is 0 Å². The summed E-state index contributed by atoms with van der Waals surface area (Å²) >= 11 is 3.27. The van der Waals surface area contributed by atoms with E-state index in [1.807, 2.05) is 6.07 Å². The summed E-state index contributed by atoms with van der Waals surface area (Å²) in [7, 11) is 0. The number of nitrogens with zero attached hydrogens (tertiary/aromatic N) is 1. The Labute approximate surface area is 105 Å². The maximum absolute atomic E-state index is 11.8. The molecule has 0 aliphatic rings. The Hall–Kier alpha value is -1.95. The highest BCUT2D eigenvalue weighted by molar-refractivity contribution is 9.10. The van der Waals surface area contributed by atoms with E-state index in [2.05, 4.69) is 31.4 Å². The van der Waals surface area contributed by atoms with Crippen LogP contribution in [-0.2, 0) is 0 Å². The van der Waals surface area contributed by atoms with E-state index in [9.17, 15) is 9.59 Å². The highest BCUT2D eigenvalue weighted by Gasteiger charge is 2.08. The molecule has 2 aromatic rings. The van der Waals surface area contributed by atoms with Gasteiger partial charge in [0.2, 0.25) is 0 Å². The molecule has 0 fully saturated rings. The van der Waals surface area contributed by atoms with Gasteiger partial charge in [-0.1, -0.05) is 22.0 Å². The minimum absolute atomic E-state index is 0.171. The molecular weight excluding hydrogens is 286 g/mol. The Morgan fingerprint density at radius 2 is 2.18 bits per heavy atom. The SMILES string of the molecule is O=C(Nc1ccn[nH]c1=O)c1cccc(Br)c1. The standard InChI is InChI=1S/C11H8BrN3O2/c12-8-3-1-2-7(6-8)10(16)14-9-4-5-13-15-11(9)17/h1-6H,(H,15,17)(H,13,14,16). The number of benzene rings is 1. The van der Waals surface area contributed by atoms with E-state index in [1.165, 1.54) is 12.3 Å². The van der Waals surface area contributed by atoms with Crippen LogP contribution in [0.4, 0.5) is 5.69 Å². The van der Waals surface area contributed by atoms with E-state index < -0.39 is 5.56 Å². The summed E-state index contributed by atoms with van der Waals surface area (Å²) in [5.41, 5.74) is 0.205. The topological polar surface area (TPSA) is 74.8 Å². The van der Waals surface area contributed by atoms with Crippen LogP contribution in [0.2, 0.25) is 0 Å². The van der Waals surface area contributed by atoms with Gasteiger partial charge in [0, 0.05) is 16.2 Å². The molecule has 0 bridgehead atoms. The first-order chi connectivity index (χ1) is 8.16. The highest BCUT2D eigenvalue weighted by atomic mass is 79.9. The molecule has 6 heteroatoms. The van der Waals surface area contributed by atoms with Crippen LogP contribution < -0.4 is 10.9 Å². The fourth-order valence-electron chi connectivity index (χ4n) is 1.27. The van der Waals surface area contributed by atoms with Gasteiger partial charge in [-0.05, 0) is 24.3 Å². The summed E-state index contributed by atoms with van der Waals surface area (Å²) in [4.78, 5) is 23.1. The van der Waals surface area contributed by atoms with Crippen molar-refractivity contribution < 1.29 is 4.79 Å². The summed E-state index contributed by atoms with van der Waals surface area (Å²) in [5.74, 6) is -0.344. The summed E-state index contributed by atoms with van der Waals surface area (Å²) in [6.45, 7) is 0. The molecule has 1 aromatic carbocycles. The number of carbonyl (C=O) groups is 1. The van der Waals surface area contributed by atoms with Crippen LogP contribution in [0.25, 0.3) is 0 Å². The van der Waals surface area contributed by atoms with Crippen molar-refractivity contribution in [2.45, 2.75) is 0 Å². The lowest BCUT2D eigenvalue weighted by atomic mass is 10.2. The summed E-state index contributed by atoms with van der Waals surface area (Å²) in [5, 5.41) is 8.29. The predicted molar refractivity (Wildman–Crippen MR) is 67.0 cm³/mol. The van der Waals surface area contributed by atoms with Crippen LogP contribution in [0.15, 0.2) is 45.8 Å². The number of aromatic amines is 1. The number of aromatic nitrogens is 2. The molecule has 0 aliphatic heterocycles.